The summed E-state index contributed by atoms with van der Waals surface area (Å²) >= 11 is 0. The van der Waals surface area contributed by atoms with Gasteiger partial charge in [-0.25, -0.2) is 8.42 Å². The van der Waals surface area contributed by atoms with Crippen molar-refractivity contribution in [2.24, 2.45) is 0 Å². The number of aryl methyl sites for hydroxylation is 1. The van der Waals surface area contributed by atoms with Crippen LogP contribution in [0.1, 0.15) is 11.1 Å². The first-order chi connectivity index (χ1) is 13.3. The molecule has 0 fully saturated rings. The quantitative estimate of drug-likeness (QED) is 0.604. The van der Waals surface area contributed by atoms with E-state index in [-0.39, 0.29) is 11.4 Å². The molecule has 0 radical (unpaired) electrons. The van der Waals surface area contributed by atoms with Gasteiger partial charge in [0.05, 0.1) is 12.0 Å². The maximum Gasteiger partial charge on any atom is 0.321 e. The Bertz CT molecular complexity index is 908. The number of ether oxygens (including phenoxy) is 2. The normalized spacial score (nSPS) is 10.9. The SMILES string of the molecule is COc1ccc(CNC(=O)COC(=O)CNS(=O)(=O)c2ccc(C)cc2)cc1. The number of hydrogen-bond donors (Lipinski definition) is 2. The standard InChI is InChI=1S/C19H22N2O6S/c1-14-3-9-17(10-4-14)28(24,25)21-12-19(23)27-13-18(22)20-11-15-5-7-16(26-2)8-6-15/h3-10,21H,11-13H2,1-2H3,(H,20,22). The monoisotopic (exact) mass is 406 g/mol. The molecule has 0 unspecified atom stereocenters. The lowest BCUT2D eigenvalue weighted by Crippen LogP contribution is -2.33. The highest BCUT2D eigenvalue weighted by atomic mass is 32.2. The summed E-state index contributed by atoms with van der Waals surface area (Å²) in [5.74, 6) is -0.641. The Morgan fingerprint density at radius 3 is 2.25 bits per heavy atom. The van der Waals surface area contributed by atoms with Gasteiger partial charge in [-0.1, -0.05) is 29.8 Å². The predicted molar refractivity (Wildman–Crippen MR) is 102 cm³/mol. The molecule has 0 bridgehead atoms. The van der Waals surface area contributed by atoms with Gasteiger partial charge in [0.1, 0.15) is 12.3 Å². The van der Waals surface area contributed by atoms with Gasteiger partial charge in [-0.05, 0) is 36.8 Å². The summed E-state index contributed by atoms with van der Waals surface area (Å²) in [5.41, 5.74) is 1.77. The van der Waals surface area contributed by atoms with Crippen LogP contribution < -0.4 is 14.8 Å². The van der Waals surface area contributed by atoms with Crippen molar-refractivity contribution >= 4 is 21.9 Å². The summed E-state index contributed by atoms with van der Waals surface area (Å²) in [7, 11) is -2.26. The van der Waals surface area contributed by atoms with Crippen LogP contribution in [0.5, 0.6) is 5.75 Å². The predicted octanol–water partition coefficient (Wildman–Crippen LogP) is 1.14. The van der Waals surface area contributed by atoms with Gasteiger partial charge in [0.15, 0.2) is 6.61 Å². The highest BCUT2D eigenvalue weighted by Crippen LogP contribution is 2.11. The van der Waals surface area contributed by atoms with Crippen molar-refractivity contribution in [1.82, 2.24) is 10.0 Å². The molecule has 0 heterocycles. The van der Waals surface area contributed by atoms with Gasteiger partial charge in [-0.3, -0.25) is 9.59 Å². The van der Waals surface area contributed by atoms with Crippen LogP contribution in [0, 0.1) is 6.92 Å². The molecule has 0 saturated carbocycles. The number of rotatable bonds is 9. The fourth-order valence-corrected chi connectivity index (χ4v) is 3.12. The van der Waals surface area contributed by atoms with Crippen LogP contribution in [0.15, 0.2) is 53.4 Å². The minimum atomic E-state index is -3.82. The fourth-order valence-electron chi connectivity index (χ4n) is 2.15. The second-order valence-corrected chi connectivity index (χ2v) is 7.69. The van der Waals surface area contributed by atoms with Gasteiger partial charge in [0.25, 0.3) is 5.91 Å². The maximum atomic E-state index is 12.1. The van der Waals surface area contributed by atoms with Crippen molar-refractivity contribution < 1.29 is 27.5 Å². The van der Waals surface area contributed by atoms with Gasteiger partial charge < -0.3 is 14.8 Å². The van der Waals surface area contributed by atoms with Crippen molar-refractivity contribution in [2.75, 3.05) is 20.3 Å². The molecule has 8 nitrogen and oxygen atoms in total. The smallest absolute Gasteiger partial charge is 0.321 e. The molecule has 0 aliphatic carbocycles. The summed E-state index contributed by atoms with van der Waals surface area (Å²) in [4.78, 5) is 23.5. The molecular formula is C19H22N2O6S. The van der Waals surface area contributed by atoms with Gasteiger partial charge in [0.2, 0.25) is 10.0 Å². The number of amides is 1. The van der Waals surface area contributed by atoms with Crippen LogP contribution in [-0.4, -0.2) is 40.6 Å². The molecule has 2 aromatic rings. The largest absolute Gasteiger partial charge is 0.497 e. The van der Waals surface area contributed by atoms with E-state index in [1.807, 2.05) is 6.92 Å². The number of nitrogens with one attached hydrogen (secondary N) is 2. The van der Waals surface area contributed by atoms with Crippen molar-refractivity contribution in [3.8, 4) is 5.75 Å². The van der Waals surface area contributed by atoms with Crippen molar-refractivity contribution in [3.05, 3.63) is 59.7 Å². The average Bonchev–Trinajstić information content (AvgIpc) is 2.70. The Hall–Kier alpha value is -2.91. The first-order valence-electron chi connectivity index (χ1n) is 8.42. The van der Waals surface area contributed by atoms with Gasteiger partial charge in [0, 0.05) is 6.54 Å². The second-order valence-electron chi connectivity index (χ2n) is 5.92. The van der Waals surface area contributed by atoms with E-state index in [4.69, 9.17) is 9.47 Å². The highest BCUT2D eigenvalue weighted by Gasteiger charge is 2.16. The molecule has 28 heavy (non-hydrogen) atoms. The minimum Gasteiger partial charge on any atom is -0.497 e. The third-order valence-electron chi connectivity index (χ3n) is 3.75. The van der Waals surface area contributed by atoms with Crippen molar-refractivity contribution in [2.45, 2.75) is 18.4 Å². The molecule has 9 heteroatoms. The average molecular weight is 406 g/mol. The minimum absolute atomic E-state index is 0.0446. The number of methoxy groups -OCH3 is 1. The van der Waals surface area contributed by atoms with Crippen LogP contribution in [0.3, 0.4) is 0 Å². The van der Waals surface area contributed by atoms with Crippen LogP contribution in [-0.2, 0) is 30.9 Å². The van der Waals surface area contributed by atoms with Crippen LogP contribution in [0.25, 0.3) is 0 Å². The molecule has 1 amide bonds. The van der Waals surface area contributed by atoms with E-state index in [0.717, 1.165) is 11.1 Å². The van der Waals surface area contributed by atoms with Gasteiger partial charge >= 0.3 is 5.97 Å². The molecule has 0 aliphatic heterocycles. The number of carbonyl (C=O) groups excluding carboxylic acids is 2. The number of benzene rings is 2. The summed E-state index contributed by atoms with van der Waals surface area (Å²) < 4.78 is 36.1. The number of hydrogen-bond acceptors (Lipinski definition) is 6. The van der Waals surface area contributed by atoms with Gasteiger partial charge in [-0.15, -0.1) is 0 Å². The lowest BCUT2D eigenvalue weighted by Gasteiger charge is -2.09. The van der Waals surface area contributed by atoms with E-state index in [0.29, 0.717) is 5.75 Å². The van der Waals surface area contributed by atoms with Gasteiger partial charge in [-0.2, -0.15) is 4.72 Å². The molecule has 2 N–H and O–H groups in total. The number of carbonyl (C=O) groups is 2. The van der Waals surface area contributed by atoms with E-state index >= 15 is 0 Å². The molecule has 0 aliphatic rings. The molecule has 2 aromatic carbocycles. The highest BCUT2D eigenvalue weighted by molar-refractivity contribution is 7.89. The molecule has 0 aromatic heterocycles. The van der Waals surface area contributed by atoms with Crippen molar-refractivity contribution in [3.63, 3.8) is 0 Å². The molecule has 0 spiro atoms. The van der Waals surface area contributed by atoms with E-state index < -0.39 is 35.1 Å². The van der Waals surface area contributed by atoms with E-state index in [9.17, 15) is 18.0 Å². The van der Waals surface area contributed by atoms with Crippen LogP contribution >= 0.6 is 0 Å². The van der Waals surface area contributed by atoms with E-state index in [2.05, 4.69) is 10.0 Å². The van der Waals surface area contributed by atoms with E-state index in [1.54, 1.807) is 43.5 Å². The summed E-state index contributed by atoms with van der Waals surface area (Å²) in [6.45, 7) is 1.03. The lowest BCUT2D eigenvalue weighted by molar-refractivity contribution is -0.147. The second kappa shape index (κ2) is 9.86. The summed E-state index contributed by atoms with van der Waals surface area (Å²) in [6, 6.07) is 13.3. The lowest BCUT2D eigenvalue weighted by atomic mass is 10.2. The Balaban J connectivity index is 1.72. The molecule has 0 atom stereocenters. The third kappa shape index (κ3) is 6.67. The summed E-state index contributed by atoms with van der Waals surface area (Å²) in [6.07, 6.45) is 0. The topological polar surface area (TPSA) is 111 Å². The molecule has 150 valence electrons. The molecular weight excluding hydrogens is 384 g/mol. The Labute approximate surface area is 163 Å². The first kappa shape index (κ1) is 21.4. The number of sulfonamides is 1. The fraction of sp³-hybridized carbons (Fsp3) is 0.263. The van der Waals surface area contributed by atoms with Crippen molar-refractivity contribution in [1.29, 1.82) is 0 Å². The maximum absolute atomic E-state index is 12.1. The van der Waals surface area contributed by atoms with Crippen LogP contribution in [0.2, 0.25) is 0 Å². The van der Waals surface area contributed by atoms with Crippen LogP contribution in [0.4, 0.5) is 0 Å². The zero-order valence-electron chi connectivity index (χ0n) is 15.6. The summed E-state index contributed by atoms with van der Waals surface area (Å²) in [5, 5.41) is 2.60. The molecule has 0 saturated heterocycles. The number of esters is 1. The molecule has 2 rings (SSSR count). The zero-order valence-corrected chi connectivity index (χ0v) is 16.4. The van der Waals surface area contributed by atoms with E-state index in [1.165, 1.54) is 12.1 Å². The Morgan fingerprint density at radius 1 is 1.00 bits per heavy atom. The Morgan fingerprint density at radius 2 is 1.64 bits per heavy atom. The third-order valence-corrected chi connectivity index (χ3v) is 5.17. The first-order valence-corrected chi connectivity index (χ1v) is 9.90. The zero-order chi connectivity index (χ0) is 20.6. The Kier molecular flexibility index (Phi) is 7.53.